The summed E-state index contributed by atoms with van der Waals surface area (Å²) in [6.45, 7) is 2.54. The van der Waals surface area contributed by atoms with Gasteiger partial charge in [0.25, 0.3) is 11.8 Å². The lowest BCUT2D eigenvalue weighted by Crippen LogP contribution is -2.46. The normalized spacial score (nSPS) is 15.6. The number of hydrogen-bond donors (Lipinski definition) is 1. The molecule has 0 unspecified atom stereocenters. The van der Waals surface area contributed by atoms with Crippen molar-refractivity contribution in [1.82, 2.24) is 10.2 Å². The van der Waals surface area contributed by atoms with Gasteiger partial charge in [0.1, 0.15) is 5.75 Å². The first kappa shape index (κ1) is 19.8. The van der Waals surface area contributed by atoms with E-state index in [0.29, 0.717) is 54.3 Å². The van der Waals surface area contributed by atoms with E-state index in [4.69, 9.17) is 14.2 Å². The van der Waals surface area contributed by atoms with E-state index in [0.717, 1.165) is 0 Å². The van der Waals surface area contributed by atoms with Crippen LogP contribution in [0.2, 0.25) is 0 Å². The third kappa shape index (κ3) is 4.37. The van der Waals surface area contributed by atoms with Crippen LogP contribution in [0.1, 0.15) is 40.5 Å². The van der Waals surface area contributed by atoms with Gasteiger partial charge in [0, 0.05) is 37.2 Å². The third-order valence-electron chi connectivity index (χ3n) is 5.09. The van der Waals surface area contributed by atoms with Gasteiger partial charge in [0.2, 0.25) is 6.79 Å². The zero-order chi connectivity index (χ0) is 21.1. The molecule has 0 aromatic heterocycles. The molecule has 4 rings (SSSR count). The molecule has 0 spiro atoms. The fourth-order valence-corrected chi connectivity index (χ4v) is 3.57. The molecule has 2 aliphatic rings. The number of amides is 2. The number of likely N-dealkylation sites (tertiary alicyclic amines) is 1. The van der Waals surface area contributed by atoms with Crippen molar-refractivity contribution in [2.45, 2.75) is 25.8 Å². The predicted molar refractivity (Wildman–Crippen MR) is 107 cm³/mol. The lowest BCUT2D eigenvalue weighted by molar-refractivity contribution is -0.131. The highest BCUT2D eigenvalue weighted by Gasteiger charge is 2.26. The van der Waals surface area contributed by atoms with Crippen LogP contribution in [-0.4, -0.2) is 48.6 Å². The highest BCUT2D eigenvalue weighted by molar-refractivity contribution is 5.96. The van der Waals surface area contributed by atoms with Gasteiger partial charge in [-0.25, -0.2) is 0 Å². The van der Waals surface area contributed by atoms with Crippen LogP contribution in [0.15, 0.2) is 42.5 Å². The first-order chi connectivity index (χ1) is 14.5. The van der Waals surface area contributed by atoms with Crippen molar-refractivity contribution < 1.29 is 28.6 Å². The maximum atomic E-state index is 12.8. The average molecular weight is 410 g/mol. The summed E-state index contributed by atoms with van der Waals surface area (Å²) in [5, 5.41) is 3.03. The van der Waals surface area contributed by atoms with Gasteiger partial charge in [-0.15, -0.1) is 0 Å². The Morgan fingerprint density at radius 3 is 2.53 bits per heavy atom. The van der Waals surface area contributed by atoms with Gasteiger partial charge in [0.05, 0.1) is 0 Å². The minimum Gasteiger partial charge on any atom is -0.454 e. The van der Waals surface area contributed by atoms with Gasteiger partial charge in [0.15, 0.2) is 11.5 Å². The average Bonchev–Trinajstić information content (AvgIpc) is 3.21. The number of nitrogens with zero attached hydrogens (tertiary/aromatic N) is 1. The van der Waals surface area contributed by atoms with Crippen molar-refractivity contribution in [3.63, 3.8) is 0 Å². The minimum atomic E-state index is -0.432. The van der Waals surface area contributed by atoms with E-state index in [9.17, 15) is 14.4 Å². The van der Waals surface area contributed by atoms with E-state index in [1.807, 2.05) is 0 Å². The summed E-state index contributed by atoms with van der Waals surface area (Å²) >= 11 is 0. The van der Waals surface area contributed by atoms with Gasteiger partial charge < -0.3 is 24.4 Å². The number of esters is 1. The van der Waals surface area contributed by atoms with E-state index < -0.39 is 5.97 Å². The van der Waals surface area contributed by atoms with Gasteiger partial charge in [-0.05, 0) is 49.2 Å². The molecular formula is C22H22N2O6. The molecule has 1 saturated heterocycles. The Hall–Kier alpha value is -3.55. The Balaban J connectivity index is 1.32. The molecule has 8 heteroatoms. The Labute approximate surface area is 173 Å². The summed E-state index contributed by atoms with van der Waals surface area (Å²) in [5.41, 5.74) is 0.983. The van der Waals surface area contributed by atoms with Crippen LogP contribution in [0.25, 0.3) is 0 Å². The van der Waals surface area contributed by atoms with Crippen molar-refractivity contribution >= 4 is 17.8 Å². The fourth-order valence-electron chi connectivity index (χ4n) is 3.57. The monoisotopic (exact) mass is 410 g/mol. The topological polar surface area (TPSA) is 94.2 Å². The van der Waals surface area contributed by atoms with Crippen molar-refractivity contribution in [2.24, 2.45) is 0 Å². The van der Waals surface area contributed by atoms with Gasteiger partial charge in [-0.1, -0.05) is 6.07 Å². The molecule has 0 atom stereocenters. The van der Waals surface area contributed by atoms with Crippen molar-refractivity contribution in [3.05, 3.63) is 53.6 Å². The summed E-state index contributed by atoms with van der Waals surface area (Å²) in [5.74, 6) is 0.824. The molecule has 0 bridgehead atoms. The van der Waals surface area contributed by atoms with Crippen LogP contribution in [0.5, 0.6) is 17.2 Å². The molecule has 0 aliphatic carbocycles. The molecule has 0 saturated carbocycles. The second kappa shape index (κ2) is 8.44. The number of ether oxygens (including phenoxy) is 3. The molecule has 2 aromatic rings. The number of carbonyl (C=O) groups excluding carboxylic acids is 3. The highest BCUT2D eigenvalue weighted by Crippen LogP contribution is 2.32. The predicted octanol–water partition coefficient (Wildman–Crippen LogP) is 2.38. The number of rotatable bonds is 4. The van der Waals surface area contributed by atoms with Crippen molar-refractivity contribution in [2.75, 3.05) is 19.9 Å². The van der Waals surface area contributed by atoms with Crippen LogP contribution in [-0.2, 0) is 4.79 Å². The molecule has 2 aromatic carbocycles. The molecule has 30 heavy (non-hydrogen) atoms. The summed E-state index contributed by atoms with van der Waals surface area (Å²) < 4.78 is 15.6. The fraction of sp³-hybridized carbons (Fsp3) is 0.318. The number of benzene rings is 2. The van der Waals surface area contributed by atoms with Gasteiger partial charge >= 0.3 is 5.97 Å². The molecular weight excluding hydrogens is 388 g/mol. The van der Waals surface area contributed by atoms with Gasteiger partial charge in [-0.3, -0.25) is 14.4 Å². The molecule has 2 amide bonds. The first-order valence-corrected chi connectivity index (χ1v) is 9.78. The summed E-state index contributed by atoms with van der Waals surface area (Å²) in [6.07, 6.45) is 1.32. The van der Waals surface area contributed by atoms with Crippen LogP contribution >= 0.6 is 0 Å². The lowest BCUT2D eigenvalue weighted by Gasteiger charge is -2.32. The minimum absolute atomic E-state index is 0.0145. The number of nitrogens with one attached hydrogen (secondary N) is 1. The first-order valence-electron chi connectivity index (χ1n) is 9.78. The smallest absolute Gasteiger partial charge is 0.308 e. The Kier molecular flexibility index (Phi) is 5.56. The van der Waals surface area contributed by atoms with Crippen molar-refractivity contribution in [1.29, 1.82) is 0 Å². The van der Waals surface area contributed by atoms with E-state index in [-0.39, 0.29) is 24.6 Å². The van der Waals surface area contributed by atoms with Crippen LogP contribution < -0.4 is 19.5 Å². The van der Waals surface area contributed by atoms with E-state index in [2.05, 4.69) is 5.32 Å². The molecule has 8 nitrogen and oxygen atoms in total. The number of carbonyl (C=O) groups is 3. The van der Waals surface area contributed by atoms with E-state index in [1.165, 1.54) is 6.92 Å². The Morgan fingerprint density at radius 2 is 1.77 bits per heavy atom. The Bertz CT molecular complexity index is 981. The van der Waals surface area contributed by atoms with Gasteiger partial charge in [-0.2, -0.15) is 0 Å². The van der Waals surface area contributed by atoms with Crippen LogP contribution in [0, 0.1) is 0 Å². The third-order valence-corrected chi connectivity index (χ3v) is 5.09. The number of fused-ring (bicyclic) bond motifs is 1. The maximum Gasteiger partial charge on any atom is 0.308 e. The molecule has 2 aliphatic heterocycles. The largest absolute Gasteiger partial charge is 0.454 e. The van der Waals surface area contributed by atoms with E-state index >= 15 is 0 Å². The summed E-state index contributed by atoms with van der Waals surface area (Å²) in [6, 6.07) is 11.7. The molecule has 156 valence electrons. The number of hydrogen-bond acceptors (Lipinski definition) is 6. The zero-order valence-corrected chi connectivity index (χ0v) is 16.6. The van der Waals surface area contributed by atoms with Crippen LogP contribution in [0.3, 0.4) is 0 Å². The second-order valence-electron chi connectivity index (χ2n) is 7.23. The molecule has 0 radical (unpaired) electrons. The van der Waals surface area contributed by atoms with E-state index in [1.54, 1.807) is 47.4 Å². The lowest BCUT2D eigenvalue weighted by atomic mass is 10.0. The Morgan fingerprint density at radius 1 is 1.00 bits per heavy atom. The zero-order valence-electron chi connectivity index (χ0n) is 16.6. The van der Waals surface area contributed by atoms with Crippen LogP contribution in [0.4, 0.5) is 0 Å². The standard InChI is InChI=1S/C22H22N2O6/c1-14(25)30-18-4-2-3-16(11-18)22(27)24-9-7-17(8-10-24)23-21(26)15-5-6-19-20(12-15)29-13-28-19/h2-6,11-12,17H,7-10,13H2,1H3,(H,23,26). The summed E-state index contributed by atoms with van der Waals surface area (Å²) in [4.78, 5) is 38.2. The SMILES string of the molecule is CC(=O)Oc1cccc(C(=O)N2CCC(NC(=O)c3ccc4c(c3)OCO4)CC2)c1. The summed E-state index contributed by atoms with van der Waals surface area (Å²) in [7, 11) is 0. The quantitative estimate of drug-likeness (QED) is 0.614. The molecule has 1 fully saturated rings. The van der Waals surface area contributed by atoms with Crippen molar-refractivity contribution in [3.8, 4) is 17.2 Å². The maximum absolute atomic E-state index is 12.8. The molecule has 2 heterocycles. The highest BCUT2D eigenvalue weighted by atomic mass is 16.7. The second-order valence-corrected chi connectivity index (χ2v) is 7.23. The number of piperidine rings is 1. The molecule has 1 N–H and O–H groups in total.